The topological polar surface area (TPSA) is 77.2 Å². The van der Waals surface area contributed by atoms with Crippen molar-refractivity contribution in [2.45, 2.75) is 4.90 Å². The fourth-order valence-corrected chi connectivity index (χ4v) is 2.95. The van der Waals surface area contributed by atoms with Crippen molar-refractivity contribution in [3.05, 3.63) is 47.5 Å². The van der Waals surface area contributed by atoms with Crippen molar-refractivity contribution in [2.24, 2.45) is 0 Å². The van der Waals surface area contributed by atoms with E-state index in [9.17, 15) is 13.2 Å². The molecule has 2 N–H and O–H groups in total. The number of anilines is 1. The Morgan fingerprint density at radius 2 is 1.58 bits per heavy atom. The minimum absolute atomic E-state index is 0.114. The van der Waals surface area contributed by atoms with Gasteiger partial charge in [-0.15, -0.1) is 0 Å². The molecule has 0 radical (unpaired) electrons. The molecule has 0 spiro atoms. The summed E-state index contributed by atoms with van der Waals surface area (Å²) in [5.41, 5.74) is 8.64. The standard InChI is InChI=1S/C14H11NO3S/c1-19(17,18)9-3-5-11-12(7-9)10-4-2-8(15)6-13(10)14(11)16/h2-7H,15H2,1H3. The molecule has 0 aromatic heterocycles. The summed E-state index contributed by atoms with van der Waals surface area (Å²) in [4.78, 5) is 12.4. The van der Waals surface area contributed by atoms with E-state index in [1.54, 1.807) is 30.3 Å². The third-order valence-corrected chi connectivity index (χ3v) is 4.35. The van der Waals surface area contributed by atoms with Crippen LogP contribution in [0.1, 0.15) is 15.9 Å². The molecule has 5 heteroatoms. The van der Waals surface area contributed by atoms with Crippen molar-refractivity contribution in [1.29, 1.82) is 0 Å². The molecule has 4 nitrogen and oxygen atoms in total. The quantitative estimate of drug-likeness (QED) is 0.687. The Hall–Kier alpha value is -2.14. The molecule has 0 saturated carbocycles. The summed E-state index contributed by atoms with van der Waals surface area (Å²) >= 11 is 0. The largest absolute Gasteiger partial charge is 0.399 e. The number of hydrogen-bond acceptors (Lipinski definition) is 4. The van der Waals surface area contributed by atoms with E-state index < -0.39 is 9.84 Å². The van der Waals surface area contributed by atoms with Gasteiger partial charge in [0.1, 0.15) is 0 Å². The molecule has 0 amide bonds. The molecular weight excluding hydrogens is 262 g/mol. The highest BCUT2D eigenvalue weighted by Gasteiger charge is 2.27. The Balaban J connectivity index is 2.31. The van der Waals surface area contributed by atoms with Gasteiger partial charge in [0.2, 0.25) is 0 Å². The molecule has 1 aliphatic rings. The molecular formula is C14H11NO3S. The van der Waals surface area contributed by atoms with Crippen LogP contribution in [0.15, 0.2) is 41.3 Å². The lowest BCUT2D eigenvalue weighted by Crippen LogP contribution is -1.99. The maximum atomic E-state index is 12.2. The number of nitrogens with two attached hydrogens (primary N) is 1. The number of sulfone groups is 1. The Bertz CT molecular complexity index is 823. The van der Waals surface area contributed by atoms with Crippen LogP contribution in [-0.2, 0) is 9.84 Å². The molecule has 0 saturated heterocycles. The smallest absolute Gasteiger partial charge is 0.194 e. The average Bonchev–Trinajstić information content (AvgIpc) is 2.61. The van der Waals surface area contributed by atoms with Crippen molar-refractivity contribution >= 4 is 21.3 Å². The third kappa shape index (κ3) is 1.74. The van der Waals surface area contributed by atoms with Gasteiger partial charge in [0, 0.05) is 23.1 Å². The molecule has 0 atom stereocenters. The molecule has 1 aliphatic carbocycles. The van der Waals surface area contributed by atoms with Crippen LogP contribution in [0.5, 0.6) is 0 Å². The molecule has 96 valence electrons. The first-order chi connectivity index (χ1) is 8.88. The van der Waals surface area contributed by atoms with E-state index in [4.69, 9.17) is 5.73 Å². The fraction of sp³-hybridized carbons (Fsp3) is 0.0714. The number of nitrogen functional groups attached to an aromatic ring is 1. The van der Waals surface area contributed by atoms with Gasteiger partial charge < -0.3 is 5.73 Å². The lowest BCUT2D eigenvalue weighted by Gasteiger charge is -2.03. The number of hydrogen-bond donors (Lipinski definition) is 1. The average molecular weight is 273 g/mol. The summed E-state index contributed by atoms with van der Waals surface area (Å²) in [5.74, 6) is -0.114. The zero-order valence-electron chi connectivity index (χ0n) is 10.2. The summed E-state index contributed by atoms with van der Waals surface area (Å²) in [7, 11) is -3.29. The van der Waals surface area contributed by atoms with Crippen molar-refractivity contribution in [2.75, 3.05) is 12.0 Å². The third-order valence-electron chi connectivity index (χ3n) is 3.24. The maximum Gasteiger partial charge on any atom is 0.194 e. The Morgan fingerprint density at radius 3 is 2.26 bits per heavy atom. The Morgan fingerprint density at radius 1 is 0.895 bits per heavy atom. The van der Waals surface area contributed by atoms with E-state index in [1.807, 2.05) is 0 Å². The van der Waals surface area contributed by atoms with Gasteiger partial charge in [0.05, 0.1) is 4.90 Å². The van der Waals surface area contributed by atoms with Crippen LogP contribution in [0.2, 0.25) is 0 Å². The van der Waals surface area contributed by atoms with Crippen LogP contribution in [0.3, 0.4) is 0 Å². The zero-order valence-corrected chi connectivity index (χ0v) is 11.0. The Labute approximate surface area is 110 Å². The summed E-state index contributed by atoms with van der Waals surface area (Å²) in [6.45, 7) is 0. The van der Waals surface area contributed by atoms with E-state index in [-0.39, 0.29) is 10.7 Å². The fourth-order valence-electron chi connectivity index (χ4n) is 2.30. The molecule has 0 fully saturated rings. The first-order valence-corrected chi connectivity index (χ1v) is 7.56. The summed E-state index contributed by atoms with van der Waals surface area (Å²) in [5, 5.41) is 0. The predicted molar refractivity (Wildman–Crippen MR) is 72.8 cm³/mol. The van der Waals surface area contributed by atoms with Crippen LogP contribution in [0, 0.1) is 0 Å². The molecule has 0 heterocycles. The number of carbonyl (C=O) groups is 1. The summed E-state index contributed by atoms with van der Waals surface area (Å²) < 4.78 is 23.2. The SMILES string of the molecule is CS(=O)(=O)c1ccc2c(c1)-c1ccc(N)cc1C2=O. The second-order valence-electron chi connectivity index (χ2n) is 4.61. The van der Waals surface area contributed by atoms with Crippen molar-refractivity contribution < 1.29 is 13.2 Å². The molecule has 0 bridgehead atoms. The van der Waals surface area contributed by atoms with Crippen LogP contribution >= 0.6 is 0 Å². The van der Waals surface area contributed by atoms with E-state index in [0.29, 0.717) is 22.4 Å². The number of fused-ring (bicyclic) bond motifs is 3. The van der Waals surface area contributed by atoms with E-state index in [2.05, 4.69) is 0 Å². The zero-order chi connectivity index (χ0) is 13.8. The van der Waals surface area contributed by atoms with Gasteiger partial charge >= 0.3 is 0 Å². The molecule has 2 aromatic rings. The van der Waals surface area contributed by atoms with Gasteiger partial charge in [-0.3, -0.25) is 4.79 Å². The van der Waals surface area contributed by atoms with Crippen molar-refractivity contribution in [3.63, 3.8) is 0 Å². The summed E-state index contributed by atoms with van der Waals surface area (Å²) in [6, 6.07) is 9.64. The minimum atomic E-state index is -3.29. The lowest BCUT2D eigenvalue weighted by atomic mass is 10.1. The Kier molecular flexibility index (Phi) is 2.31. The van der Waals surface area contributed by atoms with Gasteiger partial charge in [0.25, 0.3) is 0 Å². The summed E-state index contributed by atoms with van der Waals surface area (Å²) in [6.07, 6.45) is 1.15. The molecule has 0 unspecified atom stereocenters. The van der Waals surface area contributed by atoms with Crippen LogP contribution in [-0.4, -0.2) is 20.5 Å². The van der Waals surface area contributed by atoms with E-state index in [0.717, 1.165) is 11.8 Å². The number of carbonyl (C=O) groups excluding carboxylic acids is 1. The molecule has 0 aliphatic heterocycles. The maximum absolute atomic E-state index is 12.2. The number of benzene rings is 2. The normalized spacial score (nSPS) is 13.2. The van der Waals surface area contributed by atoms with E-state index >= 15 is 0 Å². The van der Waals surface area contributed by atoms with Crippen molar-refractivity contribution in [1.82, 2.24) is 0 Å². The van der Waals surface area contributed by atoms with Gasteiger partial charge in [-0.05, 0) is 41.5 Å². The minimum Gasteiger partial charge on any atom is -0.399 e. The monoisotopic (exact) mass is 273 g/mol. The second-order valence-corrected chi connectivity index (χ2v) is 6.63. The van der Waals surface area contributed by atoms with Gasteiger partial charge in [-0.1, -0.05) is 6.07 Å². The second kappa shape index (κ2) is 3.68. The first kappa shape index (κ1) is 11.9. The number of rotatable bonds is 1. The molecule has 2 aromatic carbocycles. The highest BCUT2D eigenvalue weighted by Crippen LogP contribution is 2.38. The predicted octanol–water partition coefficient (Wildman–Crippen LogP) is 1.88. The van der Waals surface area contributed by atoms with Gasteiger partial charge in [0.15, 0.2) is 15.6 Å². The van der Waals surface area contributed by atoms with Crippen LogP contribution in [0.4, 0.5) is 5.69 Å². The molecule has 3 rings (SSSR count). The van der Waals surface area contributed by atoms with Crippen LogP contribution in [0.25, 0.3) is 11.1 Å². The highest BCUT2D eigenvalue weighted by molar-refractivity contribution is 7.90. The lowest BCUT2D eigenvalue weighted by molar-refractivity contribution is 0.104. The number of ketones is 1. The molecule has 19 heavy (non-hydrogen) atoms. The highest BCUT2D eigenvalue weighted by atomic mass is 32.2. The van der Waals surface area contributed by atoms with Crippen LogP contribution < -0.4 is 5.73 Å². The van der Waals surface area contributed by atoms with Gasteiger partial charge in [-0.2, -0.15) is 0 Å². The first-order valence-electron chi connectivity index (χ1n) is 5.66. The van der Waals surface area contributed by atoms with Gasteiger partial charge in [-0.25, -0.2) is 8.42 Å². The van der Waals surface area contributed by atoms with Crippen molar-refractivity contribution in [3.8, 4) is 11.1 Å². The van der Waals surface area contributed by atoms with E-state index in [1.165, 1.54) is 6.07 Å².